The number of rotatable bonds is 4. The van der Waals surface area contributed by atoms with Crippen LogP contribution in [0.15, 0.2) is 12.4 Å². The standard InChI is InChI=1S/C12H17ClN4O/c1-8(2)17-6-10(5-14-17)18-7-11-12(13)9(3)15-16(11)4/h5-6,8H,7H2,1-4H3. The Morgan fingerprint density at radius 3 is 2.67 bits per heavy atom. The van der Waals surface area contributed by atoms with E-state index < -0.39 is 0 Å². The second kappa shape index (κ2) is 5.02. The smallest absolute Gasteiger partial charge is 0.157 e. The van der Waals surface area contributed by atoms with E-state index in [1.54, 1.807) is 10.9 Å². The second-order valence-corrected chi connectivity index (χ2v) is 4.89. The van der Waals surface area contributed by atoms with Crippen molar-refractivity contribution in [3.8, 4) is 5.75 Å². The molecule has 0 aliphatic carbocycles. The van der Waals surface area contributed by atoms with Crippen molar-refractivity contribution in [3.63, 3.8) is 0 Å². The van der Waals surface area contributed by atoms with Gasteiger partial charge in [0, 0.05) is 13.1 Å². The maximum absolute atomic E-state index is 6.15. The first-order valence-electron chi connectivity index (χ1n) is 5.84. The molecule has 5 nitrogen and oxygen atoms in total. The Kier molecular flexibility index (Phi) is 3.61. The number of ether oxygens (including phenoxy) is 1. The van der Waals surface area contributed by atoms with Gasteiger partial charge in [-0.25, -0.2) is 0 Å². The van der Waals surface area contributed by atoms with Crippen LogP contribution in [0.4, 0.5) is 0 Å². The first kappa shape index (κ1) is 13.0. The number of hydrogen-bond acceptors (Lipinski definition) is 3. The first-order valence-corrected chi connectivity index (χ1v) is 6.21. The molecule has 6 heteroatoms. The maximum Gasteiger partial charge on any atom is 0.157 e. The van der Waals surface area contributed by atoms with E-state index in [1.807, 2.05) is 24.9 Å². The van der Waals surface area contributed by atoms with Crippen LogP contribution in [0.1, 0.15) is 31.3 Å². The quantitative estimate of drug-likeness (QED) is 0.856. The van der Waals surface area contributed by atoms with Gasteiger partial charge in [-0.05, 0) is 20.8 Å². The molecule has 0 fully saturated rings. The van der Waals surface area contributed by atoms with Crippen molar-refractivity contribution >= 4 is 11.6 Å². The highest BCUT2D eigenvalue weighted by molar-refractivity contribution is 6.31. The van der Waals surface area contributed by atoms with E-state index in [0.717, 1.165) is 17.1 Å². The Balaban J connectivity index is 2.06. The van der Waals surface area contributed by atoms with Crippen molar-refractivity contribution < 1.29 is 4.74 Å². The Morgan fingerprint density at radius 2 is 2.17 bits per heavy atom. The third-order valence-electron chi connectivity index (χ3n) is 2.74. The van der Waals surface area contributed by atoms with E-state index in [9.17, 15) is 0 Å². The van der Waals surface area contributed by atoms with Crippen molar-refractivity contribution in [2.24, 2.45) is 7.05 Å². The van der Waals surface area contributed by atoms with E-state index in [0.29, 0.717) is 17.7 Å². The van der Waals surface area contributed by atoms with E-state index in [2.05, 4.69) is 24.0 Å². The van der Waals surface area contributed by atoms with Crippen LogP contribution in [-0.2, 0) is 13.7 Å². The predicted molar refractivity (Wildman–Crippen MR) is 69.9 cm³/mol. The molecule has 2 heterocycles. The van der Waals surface area contributed by atoms with Gasteiger partial charge in [0.1, 0.15) is 6.61 Å². The Labute approximate surface area is 111 Å². The molecule has 18 heavy (non-hydrogen) atoms. The summed E-state index contributed by atoms with van der Waals surface area (Å²) in [7, 11) is 1.86. The molecule has 0 bridgehead atoms. The highest BCUT2D eigenvalue weighted by Gasteiger charge is 2.12. The average Bonchev–Trinajstić information content (AvgIpc) is 2.85. The van der Waals surface area contributed by atoms with Gasteiger partial charge in [0.25, 0.3) is 0 Å². The fourth-order valence-electron chi connectivity index (χ4n) is 1.67. The SMILES string of the molecule is Cc1nn(C)c(COc2cnn(C(C)C)c2)c1Cl. The van der Waals surface area contributed by atoms with Gasteiger partial charge in [0.05, 0.1) is 28.8 Å². The van der Waals surface area contributed by atoms with Gasteiger partial charge in [0.2, 0.25) is 0 Å². The van der Waals surface area contributed by atoms with Gasteiger partial charge in [-0.2, -0.15) is 10.2 Å². The van der Waals surface area contributed by atoms with Gasteiger partial charge in [0.15, 0.2) is 5.75 Å². The minimum absolute atomic E-state index is 0.324. The molecule has 0 amide bonds. The van der Waals surface area contributed by atoms with Crippen LogP contribution in [0, 0.1) is 6.92 Å². The van der Waals surface area contributed by atoms with Gasteiger partial charge in [-0.1, -0.05) is 11.6 Å². The maximum atomic E-state index is 6.15. The van der Waals surface area contributed by atoms with Crippen LogP contribution in [0.2, 0.25) is 5.02 Å². The molecule has 2 aromatic heterocycles. The Morgan fingerprint density at radius 1 is 1.44 bits per heavy atom. The van der Waals surface area contributed by atoms with Crippen molar-refractivity contribution in [2.45, 2.75) is 33.4 Å². The van der Waals surface area contributed by atoms with Gasteiger partial charge in [-0.15, -0.1) is 0 Å². The number of aromatic nitrogens is 4. The van der Waals surface area contributed by atoms with Crippen molar-refractivity contribution in [2.75, 3.05) is 0 Å². The van der Waals surface area contributed by atoms with Gasteiger partial charge in [-0.3, -0.25) is 9.36 Å². The summed E-state index contributed by atoms with van der Waals surface area (Å²) in [6.07, 6.45) is 3.58. The van der Waals surface area contributed by atoms with E-state index in [-0.39, 0.29) is 0 Å². The van der Waals surface area contributed by atoms with E-state index in [4.69, 9.17) is 16.3 Å². The second-order valence-electron chi connectivity index (χ2n) is 4.51. The van der Waals surface area contributed by atoms with Crippen LogP contribution < -0.4 is 4.74 Å². The zero-order valence-corrected chi connectivity index (χ0v) is 11.8. The zero-order chi connectivity index (χ0) is 13.3. The number of hydrogen-bond donors (Lipinski definition) is 0. The minimum atomic E-state index is 0.324. The van der Waals surface area contributed by atoms with Crippen LogP contribution >= 0.6 is 11.6 Å². The first-order chi connectivity index (χ1) is 8.49. The summed E-state index contributed by atoms with van der Waals surface area (Å²) in [6.45, 7) is 6.40. The largest absolute Gasteiger partial charge is 0.484 e. The molecule has 0 atom stereocenters. The number of halogens is 1. The molecule has 0 aliphatic rings. The van der Waals surface area contributed by atoms with E-state index >= 15 is 0 Å². The molecule has 0 aromatic carbocycles. The minimum Gasteiger partial charge on any atom is -0.484 e. The van der Waals surface area contributed by atoms with Gasteiger partial charge >= 0.3 is 0 Å². The highest BCUT2D eigenvalue weighted by atomic mass is 35.5. The molecule has 0 unspecified atom stereocenters. The Bertz CT molecular complexity index is 544. The molecule has 0 saturated carbocycles. The topological polar surface area (TPSA) is 44.9 Å². The summed E-state index contributed by atoms with van der Waals surface area (Å²) in [5.74, 6) is 0.735. The summed E-state index contributed by atoms with van der Waals surface area (Å²) in [6, 6.07) is 0.324. The summed E-state index contributed by atoms with van der Waals surface area (Å²) in [5.41, 5.74) is 1.68. The average molecular weight is 269 g/mol. The summed E-state index contributed by atoms with van der Waals surface area (Å²) >= 11 is 6.15. The lowest BCUT2D eigenvalue weighted by Gasteiger charge is -2.05. The molecule has 0 saturated heterocycles. The van der Waals surface area contributed by atoms with Crippen molar-refractivity contribution in [3.05, 3.63) is 28.8 Å². The third-order valence-corrected chi connectivity index (χ3v) is 3.24. The number of nitrogens with zero attached hydrogens (tertiary/aromatic N) is 4. The van der Waals surface area contributed by atoms with Crippen molar-refractivity contribution in [1.29, 1.82) is 0 Å². The molecular weight excluding hydrogens is 252 g/mol. The van der Waals surface area contributed by atoms with Crippen LogP contribution in [0.25, 0.3) is 0 Å². The molecule has 2 rings (SSSR count). The molecular formula is C12H17ClN4O. The van der Waals surface area contributed by atoms with Gasteiger partial charge < -0.3 is 4.74 Å². The zero-order valence-electron chi connectivity index (χ0n) is 11.0. The van der Waals surface area contributed by atoms with E-state index in [1.165, 1.54) is 0 Å². The highest BCUT2D eigenvalue weighted by Crippen LogP contribution is 2.21. The molecule has 2 aromatic rings. The predicted octanol–water partition coefficient (Wildman–Crippen LogP) is 2.74. The van der Waals surface area contributed by atoms with Crippen LogP contribution in [0.3, 0.4) is 0 Å². The van der Waals surface area contributed by atoms with Crippen LogP contribution in [-0.4, -0.2) is 19.6 Å². The van der Waals surface area contributed by atoms with Crippen LogP contribution in [0.5, 0.6) is 5.75 Å². The summed E-state index contributed by atoms with van der Waals surface area (Å²) < 4.78 is 9.26. The fraction of sp³-hybridized carbons (Fsp3) is 0.500. The number of aryl methyl sites for hydroxylation is 2. The molecule has 0 aliphatic heterocycles. The lowest BCUT2D eigenvalue weighted by molar-refractivity contribution is 0.294. The molecule has 98 valence electrons. The third kappa shape index (κ3) is 2.51. The molecule has 0 N–H and O–H groups in total. The fourth-order valence-corrected chi connectivity index (χ4v) is 1.88. The lowest BCUT2D eigenvalue weighted by Crippen LogP contribution is -2.03. The lowest BCUT2D eigenvalue weighted by atomic mass is 10.4. The Hall–Kier alpha value is -1.49. The normalized spacial score (nSPS) is 11.2. The molecule has 0 radical (unpaired) electrons. The van der Waals surface area contributed by atoms with Crippen molar-refractivity contribution in [1.82, 2.24) is 19.6 Å². The summed E-state index contributed by atoms with van der Waals surface area (Å²) in [5, 5.41) is 9.12. The summed E-state index contributed by atoms with van der Waals surface area (Å²) in [4.78, 5) is 0. The monoisotopic (exact) mass is 268 g/mol. The molecule has 0 spiro atoms.